The minimum atomic E-state index is -0.541. The molecule has 15 heavy (non-hydrogen) atoms. The van der Waals surface area contributed by atoms with Gasteiger partial charge in [-0.2, -0.15) is 0 Å². The molecule has 0 spiro atoms. The van der Waals surface area contributed by atoms with Crippen molar-refractivity contribution in [2.45, 2.75) is 40.5 Å². The topological polar surface area (TPSA) is 35.5 Å². The van der Waals surface area contributed by atoms with Crippen LogP contribution in [-0.4, -0.2) is 26.3 Å². The largest absolute Gasteiger partial charge is 0.469 e. The summed E-state index contributed by atoms with van der Waals surface area (Å²) < 4.78 is 10.2. The SMILES string of the molecule is CCCC(C)COCC(C)(C)C(=O)OC. The van der Waals surface area contributed by atoms with Gasteiger partial charge in [-0.1, -0.05) is 20.3 Å². The lowest BCUT2D eigenvalue weighted by Gasteiger charge is -2.22. The van der Waals surface area contributed by atoms with E-state index >= 15 is 0 Å². The minimum absolute atomic E-state index is 0.217. The zero-order valence-corrected chi connectivity index (χ0v) is 10.6. The normalized spacial score (nSPS) is 13.7. The van der Waals surface area contributed by atoms with Crippen LogP contribution in [0.1, 0.15) is 40.5 Å². The number of ether oxygens (including phenoxy) is 2. The first-order valence-corrected chi connectivity index (χ1v) is 5.60. The fourth-order valence-corrected chi connectivity index (χ4v) is 1.43. The van der Waals surface area contributed by atoms with Crippen LogP contribution in [-0.2, 0) is 14.3 Å². The van der Waals surface area contributed by atoms with Gasteiger partial charge in [0.1, 0.15) is 0 Å². The lowest BCUT2D eigenvalue weighted by molar-refractivity contribution is -0.154. The Morgan fingerprint density at radius 2 is 2.00 bits per heavy atom. The number of carbonyl (C=O) groups is 1. The van der Waals surface area contributed by atoms with Crippen molar-refractivity contribution >= 4 is 5.97 Å². The van der Waals surface area contributed by atoms with Crippen LogP contribution in [0.25, 0.3) is 0 Å². The van der Waals surface area contributed by atoms with Crippen molar-refractivity contribution in [3.63, 3.8) is 0 Å². The van der Waals surface area contributed by atoms with E-state index in [0.29, 0.717) is 19.1 Å². The summed E-state index contributed by atoms with van der Waals surface area (Å²) in [4.78, 5) is 11.3. The number of esters is 1. The van der Waals surface area contributed by atoms with Crippen LogP contribution in [0, 0.1) is 11.3 Å². The number of carbonyl (C=O) groups excluding carboxylic acids is 1. The van der Waals surface area contributed by atoms with E-state index < -0.39 is 5.41 Å². The second-order valence-electron chi connectivity index (χ2n) is 4.78. The molecule has 0 aromatic heterocycles. The maximum absolute atomic E-state index is 11.3. The Morgan fingerprint density at radius 1 is 1.40 bits per heavy atom. The van der Waals surface area contributed by atoms with Crippen molar-refractivity contribution < 1.29 is 14.3 Å². The summed E-state index contributed by atoms with van der Waals surface area (Å²) in [6.07, 6.45) is 2.34. The van der Waals surface area contributed by atoms with Crippen molar-refractivity contribution in [2.24, 2.45) is 11.3 Å². The summed E-state index contributed by atoms with van der Waals surface area (Å²) in [5, 5.41) is 0. The predicted molar refractivity (Wildman–Crippen MR) is 60.7 cm³/mol. The van der Waals surface area contributed by atoms with Crippen molar-refractivity contribution in [1.29, 1.82) is 0 Å². The van der Waals surface area contributed by atoms with Gasteiger partial charge in [-0.25, -0.2) is 0 Å². The van der Waals surface area contributed by atoms with E-state index in [4.69, 9.17) is 9.47 Å². The van der Waals surface area contributed by atoms with E-state index in [-0.39, 0.29) is 5.97 Å². The van der Waals surface area contributed by atoms with E-state index in [0.717, 1.165) is 0 Å². The van der Waals surface area contributed by atoms with E-state index in [9.17, 15) is 4.79 Å². The Hall–Kier alpha value is -0.570. The molecule has 0 fully saturated rings. The van der Waals surface area contributed by atoms with Gasteiger partial charge >= 0.3 is 5.97 Å². The van der Waals surface area contributed by atoms with Gasteiger partial charge in [0, 0.05) is 6.61 Å². The Kier molecular flexibility index (Phi) is 6.57. The molecule has 1 unspecified atom stereocenters. The third-order valence-corrected chi connectivity index (χ3v) is 2.38. The number of hydrogen-bond donors (Lipinski definition) is 0. The van der Waals surface area contributed by atoms with Gasteiger partial charge in [-0.15, -0.1) is 0 Å². The van der Waals surface area contributed by atoms with E-state index in [2.05, 4.69) is 13.8 Å². The van der Waals surface area contributed by atoms with Gasteiger partial charge in [0.25, 0.3) is 0 Å². The lowest BCUT2D eigenvalue weighted by Crippen LogP contribution is -2.31. The molecule has 0 N–H and O–H groups in total. The van der Waals surface area contributed by atoms with Gasteiger partial charge < -0.3 is 9.47 Å². The fraction of sp³-hybridized carbons (Fsp3) is 0.917. The van der Waals surface area contributed by atoms with Crippen molar-refractivity contribution in [1.82, 2.24) is 0 Å². The standard InChI is InChI=1S/C12H24O3/c1-6-7-10(2)8-15-9-12(3,4)11(13)14-5/h10H,6-9H2,1-5H3. The molecule has 0 rings (SSSR count). The van der Waals surface area contributed by atoms with Gasteiger partial charge in [0.05, 0.1) is 19.1 Å². The zero-order chi connectivity index (χ0) is 11.9. The Morgan fingerprint density at radius 3 is 2.47 bits per heavy atom. The molecule has 3 nitrogen and oxygen atoms in total. The number of methoxy groups -OCH3 is 1. The molecular formula is C12H24O3. The van der Waals surface area contributed by atoms with Crippen molar-refractivity contribution in [2.75, 3.05) is 20.3 Å². The molecule has 0 aliphatic heterocycles. The summed E-state index contributed by atoms with van der Waals surface area (Å²) >= 11 is 0. The molecule has 0 radical (unpaired) electrons. The van der Waals surface area contributed by atoms with Gasteiger partial charge in [0.2, 0.25) is 0 Å². The molecule has 0 saturated heterocycles. The smallest absolute Gasteiger partial charge is 0.313 e. The van der Waals surface area contributed by atoms with Gasteiger partial charge in [0.15, 0.2) is 0 Å². The van der Waals surface area contributed by atoms with E-state index in [1.54, 1.807) is 0 Å². The zero-order valence-electron chi connectivity index (χ0n) is 10.6. The molecule has 1 atom stereocenters. The first-order chi connectivity index (χ1) is 6.94. The fourth-order valence-electron chi connectivity index (χ4n) is 1.43. The summed E-state index contributed by atoms with van der Waals surface area (Å²) in [5.74, 6) is 0.342. The first kappa shape index (κ1) is 14.4. The minimum Gasteiger partial charge on any atom is -0.469 e. The molecule has 3 heteroatoms. The average Bonchev–Trinajstić information content (AvgIpc) is 2.16. The lowest BCUT2D eigenvalue weighted by atomic mass is 9.95. The van der Waals surface area contributed by atoms with E-state index in [1.807, 2.05) is 13.8 Å². The summed E-state index contributed by atoms with van der Waals surface area (Å²) in [5.41, 5.74) is -0.541. The highest BCUT2D eigenvalue weighted by Gasteiger charge is 2.28. The third kappa shape index (κ3) is 5.78. The van der Waals surface area contributed by atoms with Crippen LogP contribution in [0.5, 0.6) is 0 Å². The van der Waals surface area contributed by atoms with Crippen LogP contribution in [0.15, 0.2) is 0 Å². The second-order valence-corrected chi connectivity index (χ2v) is 4.78. The highest BCUT2D eigenvalue weighted by molar-refractivity contribution is 5.75. The predicted octanol–water partition coefficient (Wildman–Crippen LogP) is 2.64. The molecule has 0 heterocycles. The third-order valence-electron chi connectivity index (χ3n) is 2.38. The molecule has 0 aromatic carbocycles. The Balaban J connectivity index is 3.79. The van der Waals surface area contributed by atoms with Crippen LogP contribution >= 0.6 is 0 Å². The average molecular weight is 216 g/mol. The summed E-state index contributed by atoms with van der Waals surface area (Å²) in [7, 11) is 1.41. The first-order valence-electron chi connectivity index (χ1n) is 5.60. The van der Waals surface area contributed by atoms with Gasteiger partial charge in [-0.3, -0.25) is 4.79 Å². The number of rotatable bonds is 7. The molecule has 0 bridgehead atoms. The second kappa shape index (κ2) is 6.83. The van der Waals surface area contributed by atoms with E-state index in [1.165, 1.54) is 20.0 Å². The maximum Gasteiger partial charge on any atom is 0.313 e. The highest BCUT2D eigenvalue weighted by atomic mass is 16.5. The Labute approximate surface area is 93.1 Å². The number of hydrogen-bond acceptors (Lipinski definition) is 3. The maximum atomic E-state index is 11.3. The molecular weight excluding hydrogens is 192 g/mol. The van der Waals surface area contributed by atoms with Crippen LogP contribution < -0.4 is 0 Å². The van der Waals surface area contributed by atoms with Crippen LogP contribution in [0.4, 0.5) is 0 Å². The van der Waals surface area contributed by atoms with Crippen molar-refractivity contribution in [3.8, 4) is 0 Å². The quantitative estimate of drug-likeness (QED) is 0.614. The molecule has 0 aromatic rings. The highest BCUT2D eigenvalue weighted by Crippen LogP contribution is 2.18. The Bertz CT molecular complexity index is 187. The van der Waals surface area contributed by atoms with Crippen molar-refractivity contribution in [3.05, 3.63) is 0 Å². The monoisotopic (exact) mass is 216 g/mol. The summed E-state index contributed by atoms with van der Waals surface area (Å²) in [6, 6.07) is 0. The summed E-state index contributed by atoms with van der Waals surface area (Å²) in [6.45, 7) is 9.14. The van der Waals surface area contributed by atoms with Crippen LogP contribution in [0.2, 0.25) is 0 Å². The van der Waals surface area contributed by atoms with Crippen LogP contribution in [0.3, 0.4) is 0 Å². The van der Waals surface area contributed by atoms with Gasteiger partial charge in [-0.05, 0) is 26.2 Å². The molecule has 0 amide bonds. The molecule has 0 aliphatic carbocycles. The molecule has 90 valence electrons. The molecule has 0 aliphatic rings. The molecule has 0 saturated carbocycles.